The summed E-state index contributed by atoms with van der Waals surface area (Å²) in [6, 6.07) is 19.0. The summed E-state index contributed by atoms with van der Waals surface area (Å²) in [6.07, 6.45) is 1.93. The minimum Gasteiger partial charge on any atom is -0.507 e. The maximum atomic E-state index is 13.5. The fourth-order valence-corrected chi connectivity index (χ4v) is 6.36. The fraction of sp³-hybridized carbons (Fsp3) is 0.250. The van der Waals surface area contributed by atoms with Gasteiger partial charge in [0.05, 0.1) is 24.8 Å². The molecule has 1 N–H and O–H groups in total. The third-order valence-corrected chi connectivity index (χ3v) is 8.85. The van der Waals surface area contributed by atoms with Crippen molar-refractivity contribution < 1.29 is 28.6 Å². The number of rotatable bonds is 12. The Morgan fingerprint density at radius 1 is 0.953 bits per heavy atom. The van der Waals surface area contributed by atoms with Gasteiger partial charge < -0.3 is 14.6 Å². The molecule has 1 saturated heterocycles. The Balaban J connectivity index is 1.48. The van der Waals surface area contributed by atoms with E-state index in [1.807, 2.05) is 6.92 Å². The summed E-state index contributed by atoms with van der Waals surface area (Å²) in [5.41, 5.74) is 1.83. The number of ketones is 1. The second kappa shape index (κ2) is 13.8. The number of ether oxygens (including phenoxy) is 2. The molecule has 2 heterocycles. The molecule has 11 heteroatoms. The van der Waals surface area contributed by atoms with E-state index in [0.717, 1.165) is 29.7 Å². The number of Topliss-reactive ketones (excluding diaryl/α,β-unsaturated/α-hetero) is 1. The molecule has 1 amide bonds. The van der Waals surface area contributed by atoms with E-state index in [2.05, 4.69) is 17.1 Å². The summed E-state index contributed by atoms with van der Waals surface area (Å²) in [7, 11) is 0. The number of benzene rings is 3. The smallest absolute Gasteiger partial charge is 0.301 e. The molecule has 1 aliphatic heterocycles. The molecule has 222 valence electrons. The van der Waals surface area contributed by atoms with Gasteiger partial charge in [-0.05, 0) is 73.0 Å². The fourth-order valence-electron chi connectivity index (χ4n) is 4.54. The number of carbonyl (C=O) groups is 2. The van der Waals surface area contributed by atoms with E-state index < -0.39 is 17.7 Å². The predicted octanol–water partition coefficient (Wildman–Crippen LogP) is 7.17. The molecule has 0 spiro atoms. The Labute approximate surface area is 257 Å². The third-order valence-electron chi connectivity index (χ3n) is 6.72. The Hall–Kier alpha value is -4.22. The van der Waals surface area contributed by atoms with Crippen LogP contribution in [-0.2, 0) is 15.3 Å². The van der Waals surface area contributed by atoms with Gasteiger partial charge in [0, 0.05) is 11.3 Å². The van der Waals surface area contributed by atoms with Gasteiger partial charge in [-0.2, -0.15) is 0 Å². The second-order valence-corrected chi connectivity index (χ2v) is 11.8. The Morgan fingerprint density at radius 2 is 1.63 bits per heavy atom. The Morgan fingerprint density at radius 3 is 2.30 bits per heavy atom. The first-order valence-electron chi connectivity index (χ1n) is 13.9. The van der Waals surface area contributed by atoms with Crippen LogP contribution in [0.2, 0.25) is 0 Å². The van der Waals surface area contributed by atoms with E-state index in [1.54, 1.807) is 60.7 Å². The maximum Gasteiger partial charge on any atom is 0.301 e. The maximum absolute atomic E-state index is 13.5. The minimum absolute atomic E-state index is 0.0514. The van der Waals surface area contributed by atoms with E-state index in [-0.39, 0.29) is 22.3 Å². The quantitative estimate of drug-likeness (QED) is 0.0445. The number of nitrogens with zero attached hydrogens (tertiary/aromatic N) is 3. The number of anilines is 1. The van der Waals surface area contributed by atoms with Crippen molar-refractivity contribution in [2.75, 3.05) is 18.1 Å². The molecule has 4 aromatic rings. The molecule has 3 aromatic carbocycles. The van der Waals surface area contributed by atoms with Gasteiger partial charge in [-0.1, -0.05) is 60.7 Å². The minimum atomic E-state index is -0.945. The van der Waals surface area contributed by atoms with Crippen molar-refractivity contribution in [2.24, 2.45) is 0 Å². The highest BCUT2D eigenvalue weighted by molar-refractivity contribution is 8.00. The molecule has 1 aliphatic rings. The van der Waals surface area contributed by atoms with Crippen LogP contribution in [-0.4, -0.2) is 40.2 Å². The highest BCUT2D eigenvalue weighted by Crippen LogP contribution is 2.44. The second-order valence-electron chi connectivity index (χ2n) is 9.66. The van der Waals surface area contributed by atoms with Crippen molar-refractivity contribution >= 4 is 45.7 Å². The van der Waals surface area contributed by atoms with Crippen LogP contribution in [0.15, 0.2) is 82.7 Å². The average Bonchev–Trinajstić information content (AvgIpc) is 3.59. The number of halogens is 1. The number of carbonyl (C=O) groups excluding carboxylic acids is 2. The molecule has 0 radical (unpaired) electrons. The number of unbranched alkanes of at least 4 members (excludes halogenated alkanes) is 1. The Kier molecular flexibility index (Phi) is 9.73. The van der Waals surface area contributed by atoms with Crippen LogP contribution < -0.4 is 14.4 Å². The van der Waals surface area contributed by atoms with E-state index in [1.165, 1.54) is 28.8 Å². The van der Waals surface area contributed by atoms with Crippen molar-refractivity contribution in [3.8, 4) is 11.5 Å². The first kappa shape index (κ1) is 30.2. The van der Waals surface area contributed by atoms with Gasteiger partial charge in [0.25, 0.3) is 5.78 Å². The monoisotopic (exact) mass is 619 g/mol. The van der Waals surface area contributed by atoms with Crippen molar-refractivity contribution in [1.29, 1.82) is 0 Å². The summed E-state index contributed by atoms with van der Waals surface area (Å²) in [6.45, 7) is 5.02. The lowest BCUT2D eigenvalue weighted by atomic mass is 9.95. The van der Waals surface area contributed by atoms with Crippen LogP contribution >= 0.6 is 23.1 Å². The zero-order valence-electron chi connectivity index (χ0n) is 23.7. The number of hydrogen-bond donors (Lipinski definition) is 1. The molecule has 8 nitrogen and oxygen atoms in total. The van der Waals surface area contributed by atoms with E-state index in [9.17, 15) is 19.1 Å². The van der Waals surface area contributed by atoms with Crippen LogP contribution in [0.1, 0.15) is 49.4 Å². The molecular formula is C32H30FN3O5S2. The molecule has 0 saturated carbocycles. The predicted molar refractivity (Wildman–Crippen MR) is 165 cm³/mol. The van der Waals surface area contributed by atoms with Crippen molar-refractivity contribution in [1.82, 2.24) is 10.2 Å². The van der Waals surface area contributed by atoms with Gasteiger partial charge in [-0.15, -0.1) is 10.2 Å². The summed E-state index contributed by atoms with van der Waals surface area (Å²) < 4.78 is 25.2. The van der Waals surface area contributed by atoms with E-state index in [0.29, 0.717) is 45.9 Å². The average molecular weight is 620 g/mol. The number of aliphatic hydroxyl groups is 1. The third kappa shape index (κ3) is 6.89. The van der Waals surface area contributed by atoms with E-state index >= 15 is 0 Å². The zero-order chi connectivity index (χ0) is 30.3. The summed E-state index contributed by atoms with van der Waals surface area (Å²) in [5, 5.41) is 20.1. The molecule has 1 fully saturated rings. The Bertz CT molecular complexity index is 1610. The molecular weight excluding hydrogens is 590 g/mol. The highest BCUT2D eigenvalue weighted by Gasteiger charge is 2.48. The molecule has 0 aliphatic carbocycles. The SMILES string of the molecule is CCCCOc1ccc(C(O)=C2C(=O)C(=O)N(c3nnc(SCc4ccc(F)cc4)s3)C2c2ccc(OCC)cc2)cc1. The van der Waals surface area contributed by atoms with Crippen molar-refractivity contribution in [2.45, 2.75) is 42.8 Å². The van der Waals surface area contributed by atoms with Gasteiger partial charge in [0.15, 0.2) is 4.34 Å². The standard InChI is InChI=1S/C32H30FN3O5S2/c1-3-5-18-41-25-16-10-22(11-17-25)28(37)26-27(21-8-14-24(15-9-21)40-4-2)36(30(39)29(26)38)31-34-35-32(43-31)42-19-20-6-12-23(33)13-7-20/h6-17,27,37H,3-5,18-19H2,1-2H3. The van der Waals surface area contributed by atoms with Crippen molar-refractivity contribution in [3.63, 3.8) is 0 Å². The van der Waals surface area contributed by atoms with Crippen molar-refractivity contribution in [3.05, 3.63) is 101 Å². The normalized spacial score (nSPS) is 16.1. The summed E-state index contributed by atoms with van der Waals surface area (Å²) in [5.74, 6) is -0.441. The lowest BCUT2D eigenvalue weighted by molar-refractivity contribution is -0.132. The number of hydrogen-bond acceptors (Lipinski definition) is 9. The van der Waals surface area contributed by atoms with E-state index in [4.69, 9.17) is 9.47 Å². The molecule has 43 heavy (non-hydrogen) atoms. The van der Waals surface area contributed by atoms with Crippen LogP contribution in [0.5, 0.6) is 11.5 Å². The van der Waals surface area contributed by atoms with Crippen LogP contribution in [0.25, 0.3) is 5.76 Å². The van der Waals surface area contributed by atoms with Gasteiger partial charge >= 0.3 is 5.91 Å². The van der Waals surface area contributed by atoms with Crippen LogP contribution in [0.4, 0.5) is 9.52 Å². The summed E-state index contributed by atoms with van der Waals surface area (Å²) >= 11 is 2.55. The highest BCUT2D eigenvalue weighted by atomic mass is 32.2. The largest absolute Gasteiger partial charge is 0.507 e. The number of thioether (sulfide) groups is 1. The molecule has 1 aromatic heterocycles. The molecule has 1 unspecified atom stereocenters. The lowest BCUT2D eigenvalue weighted by Gasteiger charge is -2.22. The van der Waals surface area contributed by atoms with Crippen LogP contribution in [0.3, 0.4) is 0 Å². The molecule has 1 atom stereocenters. The van der Waals surface area contributed by atoms with Gasteiger partial charge in [0.1, 0.15) is 23.1 Å². The first-order valence-corrected chi connectivity index (χ1v) is 15.7. The molecule has 0 bridgehead atoms. The van der Waals surface area contributed by atoms with Crippen LogP contribution in [0, 0.1) is 5.82 Å². The first-order chi connectivity index (χ1) is 20.9. The lowest BCUT2D eigenvalue weighted by Crippen LogP contribution is -2.29. The number of aliphatic hydroxyl groups excluding tert-OH is 1. The summed E-state index contributed by atoms with van der Waals surface area (Å²) in [4.78, 5) is 28.3. The van der Waals surface area contributed by atoms with Gasteiger partial charge in [0.2, 0.25) is 5.13 Å². The number of amides is 1. The van der Waals surface area contributed by atoms with Gasteiger partial charge in [-0.25, -0.2) is 4.39 Å². The number of aromatic nitrogens is 2. The molecule has 5 rings (SSSR count). The van der Waals surface area contributed by atoms with Gasteiger partial charge in [-0.3, -0.25) is 14.5 Å². The topological polar surface area (TPSA) is 102 Å². The zero-order valence-corrected chi connectivity index (χ0v) is 25.3.